The summed E-state index contributed by atoms with van der Waals surface area (Å²) in [5.74, 6) is 0.468. The minimum atomic E-state index is -3.37. The molecule has 0 spiro atoms. The number of aryl methyl sites for hydroxylation is 2. The Balaban J connectivity index is 1.96. The molecular formula is C16H24N2O2S. The maximum absolute atomic E-state index is 13.0. The summed E-state index contributed by atoms with van der Waals surface area (Å²) in [6, 6.07) is 5.59. The molecule has 0 radical (unpaired) electrons. The molecule has 1 aromatic carbocycles. The fourth-order valence-corrected chi connectivity index (χ4v) is 5.39. The molecule has 4 nitrogen and oxygen atoms in total. The summed E-state index contributed by atoms with van der Waals surface area (Å²) in [5, 5.41) is 0. The average Bonchev–Trinajstić information content (AvgIpc) is 2.70. The zero-order valence-electron chi connectivity index (χ0n) is 13.0. The third-order valence-electron chi connectivity index (χ3n) is 4.93. The first-order valence-electron chi connectivity index (χ1n) is 7.65. The Morgan fingerprint density at radius 1 is 1.05 bits per heavy atom. The van der Waals surface area contributed by atoms with Crippen LogP contribution in [0.2, 0.25) is 0 Å². The molecule has 0 unspecified atom stereocenters. The van der Waals surface area contributed by atoms with E-state index in [1.54, 1.807) is 10.4 Å². The van der Waals surface area contributed by atoms with Crippen LogP contribution in [0.5, 0.6) is 0 Å². The van der Waals surface area contributed by atoms with E-state index in [0.717, 1.165) is 37.1 Å². The van der Waals surface area contributed by atoms with Crippen LogP contribution in [0, 0.1) is 19.8 Å². The minimum Gasteiger partial charge on any atom is -0.304 e. The predicted molar refractivity (Wildman–Crippen MR) is 83.8 cm³/mol. The van der Waals surface area contributed by atoms with E-state index in [2.05, 4.69) is 11.9 Å². The molecule has 3 heterocycles. The van der Waals surface area contributed by atoms with Gasteiger partial charge in [-0.05, 0) is 62.9 Å². The first kappa shape index (κ1) is 15.0. The van der Waals surface area contributed by atoms with E-state index >= 15 is 0 Å². The van der Waals surface area contributed by atoms with Gasteiger partial charge in [0, 0.05) is 25.7 Å². The zero-order chi connectivity index (χ0) is 15.2. The lowest BCUT2D eigenvalue weighted by molar-refractivity contribution is 0.229. The smallest absolute Gasteiger partial charge is 0.243 e. The van der Waals surface area contributed by atoms with Gasteiger partial charge in [-0.25, -0.2) is 8.42 Å². The summed E-state index contributed by atoms with van der Waals surface area (Å²) in [6.45, 7) is 6.51. The standard InChI is InChI=1S/C16H24N2O2S/c1-12-4-7-16(8-13(12)2)21(19,20)18-10-14-5-6-15(18)11-17(3)9-14/h4,7-8,14-15H,5-6,9-11H2,1-3H3/t14-,15+/m1/s1. The van der Waals surface area contributed by atoms with Gasteiger partial charge in [0.25, 0.3) is 0 Å². The number of benzene rings is 1. The number of rotatable bonds is 2. The highest BCUT2D eigenvalue weighted by Gasteiger charge is 2.40. The molecule has 0 aliphatic carbocycles. The maximum atomic E-state index is 13.0. The van der Waals surface area contributed by atoms with Crippen molar-refractivity contribution in [1.29, 1.82) is 0 Å². The molecule has 3 aliphatic heterocycles. The summed E-state index contributed by atoms with van der Waals surface area (Å²) in [6.07, 6.45) is 2.13. The highest BCUT2D eigenvalue weighted by molar-refractivity contribution is 7.89. The van der Waals surface area contributed by atoms with E-state index in [1.165, 1.54) is 0 Å². The largest absolute Gasteiger partial charge is 0.304 e. The van der Waals surface area contributed by atoms with Crippen molar-refractivity contribution in [1.82, 2.24) is 9.21 Å². The predicted octanol–water partition coefficient (Wildman–Crippen LogP) is 2.02. The molecule has 0 saturated carbocycles. The molecule has 1 aromatic rings. The Kier molecular flexibility index (Phi) is 3.84. The molecular weight excluding hydrogens is 284 g/mol. The van der Waals surface area contributed by atoms with E-state index in [9.17, 15) is 8.42 Å². The van der Waals surface area contributed by atoms with Gasteiger partial charge >= 0.3 is 0 Å². The van der Waals surface area contributed by atoms with Gasteiger partial charge in [0.15, 0.2) is 0 Å². The normalized spacial score (nSPS) is 27.8. The van der Waals surface area contributed by atoms with E-state index in [0.29, 0.717) is 17.4 Å². The van der Waals surface area contributed by atoms with Crippen molar-refractivity contribution in [2.24, 2.45) is 5.92 Å². The number of fused-ring (bicyclic) bond motifs is 4. The fourth-order valence-electron chi connectivity index (χ4n) is 3.58. The summed E-state index contributed by atoms with van der Waals surface area (Å²) < 4.78 is 27.8. The first-order valence-corrected chi connectivity index (χ1v) is 9.09. The van der Waals surface area contributed by atoms with Crippen LogP contribution in [-0.4, -0.2) is 50.3 Å². The summed E-state index contributed by atoms with van der Waals surface area (Å²) >= 11 is 0. The van der Waals surface area contributed by atoms with Crippen LogP contribution < -0.4 is 0 Å². The van der Waals surface area contributed by atoms with Crippen molar-refractivity contribution < 1.29 is 8.42 Å². The van der Waals surface area contributed by atoms with Crippen LogP contribution in [0.4, 0.5) is 0 Å². The first-order chi connectivity index (χ1) is 9.88. The molecule has 2 bridgehead atoms. The van der Waals surface area contributed by atoms with Crippen LogP contribution >= 0.6 is 0 Å². The number of hydrogen-bond acceptors (Lipinski definition) is 3. The van der Waals surface area contributed by atoms with Crippen LogP contribution in [-0.2, 0) is 10.0 Å². The van der Waals surface area contributed by atoms with Crippen LogP contribution in [0.15, 0.2) is 23.1 Å². The van der Waals surface area contributed by atoms with Gasteiger partial charge in [0.2, 0.25) is 10.0 Å². The third kappa shape index (κ3) is 2.74. The SMILES string of the molecule is Cc1ccc(S(=O)(=O)N2C[C@@H]3CC[C@H]2CN(C)C3)cc1C. The quantitative estimate of drug-likeness (QED) is 0.839. The van der Waals surface area contributed by atoms with Crippen LogP contribution in [0.25, 0.3) is 0 Å². The lowest BCUT2D eigenvalue weighted by Crippen LogP contribution is -2.47. The Hall–Kier alpha value is -0.910. The molecule has 4 rings (SSSR count). The van der Waals surface area contributed by atoms with Gasteiger partial charge in [-0.15, -0.1) is 0 Å². The monoisotopic (exact) mass is 308 g/mol. The number of likely N-dealkylation sites (N-methyl/N-ethyl adjacent to an activating group) is 1. The second-order valence-electron chi connectivity index (χ2n) is 6.64. The van der Waals surface area contributed by atoms with Crippen molar-refractivity contribution >= 4 is 10.0 Å². The van der Waals surface area contributed by atoms with Crippen molar-refractivity contribution in [3.05, 3.63) is 29.3 Å². The Morgan fingerprint density at radius 2 is 1.81 bits per heavy atom. The van der Waals surface area contributed by atoms with Gasteiger partial charge in [0.1, 0.15) is 0 Å². The second kappa shape index (κ2) is 5.38. The molecule has 116 valence electrons. The van der Waals surface area contributed by atoms with Crippen LogP contribution in [0.3, 0.4) is 0 Å². The maximum Gasteiger partial charge on any atom is 0.243 e. The van der Waals surface area contributed by atoms with Crippen LogP contribution in [0.1, 0.15) is 24.0 Å². The zero-order valence-corrected chi connectivity index (χ0v) is 13.9. The average molecular weight is 308 g/mol. The van der Waals surface area contributed by atoms with E-state index in [4.69, 9.17) is 0 Å². The van der Waals surface area contributed by atoms with Crippen molar-refractivity contribution in [3.63, 3.8) is 0 Å². The molecule has 0 amide bonds. The molecule has 0 N–H and O–H groups in total. The third-order valence-corrected chi connectivity index (χ3v) is 6.85. The molecule has 3 fully saturated rings. The van der Waals surface area contributed by atoms with Crippen molar-refractivity contribution in [3.8, 4) is 0 Å². The Bertz CT molecular complexity index is 642. The van der Waals surface area contributed by atoms with E-state index in [-0.39, 0.29) is 6.04 Å². The number of hydrogen-bond donors (Lipinski definition) is 0. The summed E-state index contributed by atoms with van der Waals surface area (Å²) in [7, 11) is -1.28. The topological polar surface area (TPSA) is 40.6 Å². The molecule has 3 aliphatic rings. The lowest BCUT2D eigenvalue weighted by atomic mass is 9.97. The number of sulfonamides is 1. The number of piperidine rings is 1. The Morgan fingerprint density at radius 3 is 2.52 bits per heavy atom. The van der Waals surface area contributed by atoms with Gasteiger partial charge in [0.05, 0.1) is 4.90 Å². The molecule has 21 heavy (non-hydrogen) atoms. The van der Waals surface area contributed by atoms with Crippen molar-refractivity contribution in [2.75, 3.05) is 26.7 Å². The highest BCUT2D eigenvalue weighted by Crippen LogP contribution is 2.32. The van der Waals surface area contributed by atoms with Gasteiger partial charge in [-0.2, -0.15) is 4.31 Å². The lowest BCUT2D eigenvalue weighted by Gasteiger charge is -2.35. The summed E-state index contributed by atoms with van der Waals surface area (Å²) in [4.78, 5) is 2.72. The van der Waals surface area contributed by atoms with Gasteiger partial charge in [-0.3, -0.25) is 0 Å². The molecule has 0 aromatic heterocycles. The van der Waals surface area contributed by atoms with Gasteiger partial charge < -0.3 is 4.90 Å². The second-order valence-corrected chi connectivity index (χ2v) is 8.53. The Labute approximate surface area is 127 Å². The van der Waals surface area contributed by atoms with E-state index in [1.807, 2.05) is 26.0 Å². The number of nitrogens with zero attached hydrogens (tertiary/aromatic N) is 2. The fraction of sp³-hybridized carbons (Fsp3) is 0.625. The summed E-state index contributed by atoms with van der Waals surface area (Å²) in [5.41, 5.74) is 2.17. The van der Waals surface area contributed by atoms with Gasteiger partial charge in [-0.1, -0.05) is 6.07 Å². The molecule has 2 atom stereocenters. The highest BCUT2D eigenvalue weighted by atomic mass is 32.2. The van der Waals surface area contributed by atoms with Crippen molar-refractivity contribution in [2.45, 2.75) is 37.6 Å². The van der Waals surface area contributed by atoms with E-state index < -0.39 is 10.0 Å². The molecule has 5 heteroatoms. The molecule has 3 saturated heterocycles. The minimum absolute atomic E-state index is 0.125.